The highest BCUT2D eigenvalue weighted by Gasteiger charge is 2.43. The number of hydroxylamine groups is 1. The molecule has 0 aliphatic carbocycles. The van der Waals surface area contributed by atoms with Gasteiger partial charge >= 0.3 is 0 Å². The zero-order valence-corrected chi connectivity index (χ0v) is 14.7. The Morgan fingerprint density at radius 3 is 2.44 bits per heavy atom. The van der Waals surface area contributed by atoms with Crippen LogP contribution >= 0.6 is 0 Å². The number of pyridine rings is 2. The van der Waals surface area contributed by atoms with Gasteiger partial charge in [0.2, 0.25) is 0 Å². The molecular formula is C16H19N3O5S. The van der Waals surface area contributed by atoms with Gasteiger partial charge < -0.3 is 4.57 Å². The molecule has 0 fully saturated rings. The van der Waals surface area contributed by atoms with Gasteiger partial charge in [0.25, 0.3) is 11.5 Å². The first kappa shape index (κ1) is 18.8. The van der Waals surface area contributed by atoms with E-state index < -0.39 is 20.5 Å². The van der Waals surface area contributed by atoms with E-state index in [2.05, 4.69) is 4.98 Å². The van der Waals surface area contributed by atoms with Crippen molar-refractivity contribution in [1.82, 2.24) is 15.0 Å². The van der Waals surface area contributed by atoms with Crippen molar-refractivity contribution in [3.05, 3.63) is 53.2 Å². The van der Waals surface area contributed by atoms with Gasteiger partial charge in [-0.1, -0.05) is 0 Å². The summed E-state index contributed by atoms with van der Waals surface area (Å²) in [6.07, 6.45) is 5.53. The van der Waals surface area contributed by atoms with E-state index in [1.807, 2.05) is 0 Å². The Morgan fingerprint density at radius 2 is 1.92 bits per heavy atom. The van der Waals surface area contributed by atoms with E-state index in [4.69, 9.17) is 5.21 Å². The van der Waals surface area contributed by atoms with Crippen LogP contribution in [0.4, 0.5) is 0 Å². The Kier molecular flexibility index (Phi) is 5.39. The molecule has 1 atom stereocenters. The molecule has 25 heavy (non-hydrogen) atoms. The molecule has 2 heterocycles. The number of hydrogen-bond donors (Lipinski definition) is 2. The number of carbonyl (C=O) groups excluding carboxylic acids is 1. The number of amides is 1. The summed E-state index contributed by atoms with van der Waals surface area (Å²) in [5.41, 5.74) is 2.60. The van der Waals surface area contributed by atoms with Gasteiger partial charge in [0.05, 0.1) is 0 Å². The van der Waals surface area contributed by atoms with Gasteiger partial charge in [-0.05, 0) is 42.7 Å². The zero-order valence-electron chi connectivity index (χ0n) is 13.8. The summed E-state index contributed by atoms with van der Waals surface area (Å²) in [5.74, 6) is -1.03. The van der Waals surface area contributed by atoms with Gasteiger partial charge in [0, 0.05) is 37.5 Å². The summed E-state index contributed by atoms with van der Waals surface area (Å²) < 4.78 is 23.3. The van der Waals surface area contributed by atoms with Crippen LogP contribution in [-0.4, -0.2) is 40.1 Å². The molecule has 0 aliphatic rings. The first-order valence-electron chi connectivity index (χ1n) is 7.44. The fourth-order valence-corrected chi connectivity index (χ4v) is 3.18. The quantitative estimate of drug-likeness (QED) is 0.572. The largest absolute Gasteiger partial charge is 0.315 e. The minimum absolute atomic E-state index is 0.00640. The molecule has 0 bridgehead atoms. The van der Waals surface area contributed by atoms with Crippen molar-refractivity contribution in [3.63, 3.8) is 0 Å². The molecular weight excluding hydrogens is 346 g/mol. The third kappa shape index (κ3) is 3.94. The van der Waals surface area contributed by atoms with E-state index in [0.717, 1.165) is 11.8 Å². The maximum Gasteiger partial charge on any atom is 0.264 e. The second-order valence-electron chi connectivity index (χ2n) is 5.88. The average molecular weight is 365 g/mol. The van der Waals surface area contributed by atoms with Crippen LogP contribution in [0.5, 0.6) is 0 Å². The molecule has 0 radical (unpaired) electrons. The van der Waals surface area contributed by atoms with Crippen LogP contribution in [0.15, 0.2) is 47.7 Å². The number of hydrogen-bond acceptors (Lipinski definition) is 6. The fourth-order valence-electron chi connectivity index (χ4n) is 2.34. The van der Waals surface area contributed by atoms with Crippen molar-refractivity contribution in [2.75, 3.05) is 6.26 Å². The molecule has 134 valence electrons. The molecule has 2 rings (SSSR count). The van der Waals surface area contributed by atoms with Crippen LogP contribution in [0.2, 0.25) is 0 Å². The smallest absolute Gasteiger partial charge is 0.264 e. The SMILES string of the molecule is CC(CCn1ccc(-c2ccncc2)cc1=O)(C(=O)NO)S(C)(=O)=O. The Labute approximate surface area is 145 Å². The van der Waals surface area contributed by atoms with Crippen molar-refractivity contribution in [2.24, 2.45) is 0 Å². The minimum Gasteiger partial charge on any atom is -0.315 e. The number of nitrogens with zero attached hydrogens (tertiary/aromatic N) is 2. The predicted octanol–water partition coefficient (Wildman–Crippen LogP) is 0.609. The molecule has 1 amide bonds. The second kappa shape index (κ2) is 7.16. The normalized spacial score (nSPS) is 13.9. The first-order valence-corrected chi connectivity index (χ1v) is 9.33. The monoisotopic (exact) mass is 365 g/mol. The van der Waals surface area contributed by atoms with Gasteiger partial charge in [-0.25, -0.2) is 13.9 Å². The van der Waals surface area contributed by atoms with E-state index in [-0.39, 0.29) is 18.5 Å². The minimum atomic E-state index is -3.80. The summed E-state index contributed by atoms with van der Waals surface area (Å²) in [6, 6.07) is 6.69. The third-order valence-electron chi connectivity index (χ3n) is 4.24. The molecule has 2 N–H and O–H groups in total. The number of aryl methyl sites for hydroxylation is 1. The van der Waals surface area contributed by atoms with Crippen molar-refractivity contribution in [2.45, 2.75) is 24.6 Å². The van der Waals surface area contributed by atoms with Crippen LogP contribution in [0.25, 0.3) is 11.1 Å². The number of carbonyl (C=O) groups is 1. The summed E-state index contributed by atoms with van der Waals surface area (Å²) in [7, 11) is -3.80. The van der Waals surface area contributed by atoms with Crippen LogP contribution in [-0.2, 0) is 21.2 Å². The van der Waals surface area contributed by atoms with E-state index >= 15 is 0 Å². The summed E-state index contributed by atoms with van der Waals surface area (Å²) in [6.45, 7) is 1.22. The molecule has 0 saturated carbocycles. The Bertz CT molecular complexity index is 924. The molecule has 8 nitrogen and oxygen atoms in total. The molecule has 2 aromatic heterocycles. The number of nitrogens with one attached hydrogen (secondary N) is 1. The van der Waals surface area contributed by atoms with E-state index in [9.17, 15) is 18.0 Å². The summed E-state index contributed by atoms with van der Waals surface area (Å²) in [5, 5.41) is 8.81. The highest BCUT2D eigenvalue weighted by molar-refractivity contribution is 7.92. The van der Waals surface area contributed by atoms with E-state index in [1.54, 1.807) is 30.6 Å². The topological polar surface area (TPSA) is 118 Å². The van der Waals surface area contributed by atoms with E-state index in [0.29, 0.717) is 5.56 Å². The van der Waals surface area contributed by atoms with Crippen molar-refractivity contribution in [3.8, 4) is 11.1 Å². The molecule has 0 spiro atoms. The zero-order chi connectivity index (χ0) is 18.7. The molecule has 0 aliphatic heterocycles. The van der Waals surface area contributed by atoms with Gasteiger partial charge in [-0.2, -0.15) is 0 Å². The van der Waals surface area contributed by atoms with Gasteiger partial charge in [-0.15, -0.1) is 0 Å². The predicted molar refractivity (Wildman–Crippen MR) is 91.7 cm³/mol. The summed E-state index contributed by atoms with van der Waals surface area (Å²) >= 11 is 0. The molecule has 0 saturated heterocycles. The lowest BCUT2D eigenvalue weighted by molar-refractivity contribution is -0.131. The lowest BCUT2D eigenvalue weighted by atomic mass is 10.1. The highest BCUT2D eigenvalue weighted by Crippen LogP contribution is 2.22. The van der Waals surface area contributed by atoms with Gasteiger partial charge in [0.15, 0.2) is 14.6 Å². The number of sulfone groups is 1. The van der Waals surface area contributed by atoms with Crippen LogP contribution in [0, 0.1) is 0 Å². The van der Waals surface area contributed by atoms with Crippen molar-refractivity contribution < 1.29 is 18.4 Å². The average Bonchev–Trinajstić information content (AvgIpc) is 2.59. The Hall–Kier alpha value is -2.52. The van der Waals surface area contributed by atoms with Gasteiger partial charge in [0.1, 0.15) is 0 Å². The Balaban J connectivity index is 2.26. The van der Waals surface area contributed by atoms with E-state index in [1.165, 1.54) is 29.2 Å². The van der Waals surface area contributed by atoms with Crippen LogP contribution in [0.1, 0.15) is 13.3 Å². The molecule has 1 unspecified atom stereocenters. The highest BCUT2D eigenvalue weighted by atomic mass is 32.2. The fraction of sp³-hybridized carbons (Fsp3) is 0.312. The lowest BCUT2D eigenvalue weighted by Gasteiger charge is -2.25. The second-order valence-corrected chi connectivity index (χ2v) is 8.32. The van der Waals surface area contributed by atoms with Crippen molar-refractivity contribution >= 4 is 15.7 Å². The van der Waals surface area contributed by atoms with Crippen LogP contribution < -0.4 is 11.0 Å². The lowest BCUT2D eigenvalue weighted by Crippen LogP contribution is -2.49. The number of aromatic nitrogens is 2. The molecule has 2 aromatic rings. The van der Waals surface area contributed by atoms with Crippen LogP contribution in [0.3, 0.4) is 0 Å². The standard InChI is InChI=1S/C16H19N3O5S/c1-16(15(21)18-22,25(2,23)24)6-10-19-9-5-13(11-14(19)20)12-3-7-17-8-4-12/h3-5,7-9,11,22H,6,10H2,1-2H3,(H,18,21). The maximum absolute atomic E-state index is 12.3. The first-order chi connectivity index (χ1) is 11.7. The Morgan fingerprint density at radius 1 is 1.28 bits per heavy atom. The molecule has 9 heteroatoms. The van der Waals surface area contributed by atoms with Crippen molar-refractivity contribution in [1.29, 1.82) is 0 Å². The third-order valence-corrected chi connectivity index (χ3v) is 6.27. The molecule has 0 aromatic carbocycles. The number of rotatable bonds is 6. The summed E-state index contributed by atoms with van der Waals surface area (Å²) in [4.78, 5) is 28.0. The van der Waals surface area contributed by atoms with Gasteiger partial charge in [-0.3, -0.25) is 19.8 Å². The maximum atomic E-state index is 12.3.